The van der Waals surface area contributed by atoms with E-state index in [0.717, 1.165) is 38.6 Å². The lowest BCUT2D eigenvalue weighted by Gasteiger charge is -2.39. The number of para-hydroxylation sites is 4. The van der Waals surface area contributed by atoms with Gasteiger partial charge in [-0.1, -0.05) is 152 Å². The molecule has 6 heteroatoms. The van der Waals surface area contributed by atoms with Gasteiger partial charge < -0.3 is 8.98 Å². The number of thiophene rings is 1. The Balaban J connectivity index is 0.950. The standard InChI is InChI=1S/C51H36N4OS/c1-3-13-31(14-4-1)49-52-50(32-15-5-2-6-16-32)54-51(53-49)42-22-12-21-41-40-20-11-19-35(47(40)56-48(41)42)33-25-27-38-39-28-26-34(30-46(39)57-45(38)29-33)55-43-23-9-7-17-36(43)37-18-8-10-24-44(37)55/h1-30,49-54H. The van der Waals surface area contributed by atoms with E-state index in [-0.39, 0.29) is 18.5 Å². The molecule has 1 aliphatic rings. The highest BCUT2D eigenvalue weighted by molar-refractivity contribution is 7.25. The van der Waals surface area contributed by atoms with Crippen LogP contribution in [0, 0.1) is 0 Å². The maximum atomic E-state index is 7.00. The molecule has 8 aromatic carbocycles. The summed E-state index contributed by atoms with van der Waals surface area (Å²) < 4.78 is 11.9. The van der Waals surface area contributed by atoms with E-state index in [9.17, 15) is 0 Å². The van der Waals surface area contributed by atoms with E-state index in [1.165, 1.54) is 58.8 Å². The quantitative estimate of drug-likeness (QED) is 0.164. The zero-order valence-electron chi connectivity index (χ0n) is 30.8. The van der Waals surface area contributed by atoms with Crippen LogP contribution >= 0.6 is 11.3 Å². The third-order valence-corrected chi connectivity index (χ3v) is 12.9. The van der Waals surface area contributed by atoms with Gasteiger partial charge in [0, 0.05) is 58.5 Å². The van der Waals surface area contributed by atoms with Crippen molar-refractivity contribution in [3.63, 3.8) is 0 Å². The van der Waals surface area contributed by atoms with Crippen molar-refractivity contribution in [3.05, 3.63) is 199 Å². The molecule has 2 unspecified atom stereocenters. The van der Waals surface area contributed by atoms with Crippen molar-refractivity contribution in [2.45, 2.75) is 18.5 Å². The van der Waals surface area contributed by atoms with Crippen molar-refractivity contribution in [2.75, 3.05) is 0 Å². The first-order valence-corrected chi connectivity index (χ1v) is 20.3. The second kappa shape index (κ2) is 13.0. The van der Waals surface area contributed by atoms with Gasteiger partial charge in [-0.15, -0.1) is 11.3 Å². The molecule has 0 aliphatic carbocycles. The van der Waals surface area contributed by atoms with E-state index in [1.54, 1.807) is 0 Å². The number of aromatic nitrogens is 1. The van der Waals surface area contributed by atoms with Crippen LogP contribution in [0.4, 0.5) is 0 Å². The van der Waals surface area contributed by atoms with Gasteiger partial charge in [-0.2, -0.15) is 0 Å². The topological polar surface area (TPSA) is 54.2 Å². The zero-order valence-corrected chi connectivity index (χ0v) is 31.6. The first-order valence-electron chi connectivity index (χ1n) is 19.5. The van der Waals surface area contributed by atoms with E-state index in [1.807, 2.05) is 11.3 Å². The van der Waals surface area contributed by atoms with Crippen LogP contribution < -0.4 is 16.0 Å². The van der Waals surface area contributed by atoms with Gasteiger partial charge >= 0.3 is 0 Å². The molecule has 0 radical (unpaired) electrons. The van der Waals surface area contributed by atoms with Crippen molar-refractivity contribution in [1.82, 2.24) is 20.5 Å². The minimum Gasteiger partial charge on any atom is -0.455 e. The predicted octanol–water partition coefficient (Wildman–Crippen LogP) is 12.9. The third-order valence-electron chi connectivity index (χ3n) is 11.7. The summed E-state index contributed by atoms with van der Waals surface area (Å²) >= 11 is 1.85. The number of benzene rings is 8. The lowest BCUT2D eigenvalue weighted by atomic mass is 10.00. The Bertz CT molecular complexity index is 3210. The molecule has 0 spiro atoms. The molecule has 0 bridgehead atoms. The summed E-state index contributed by atoms with van der Waals surface area (Å²) in [5.74, 6) is 0. The van der Waals surface area contributed by atoms with Gasteiger partial charge in [0.1, 0.15) is 11.2 Å². The smallest absolute Gasteiger partial charge is 0.143 e. The van der Waals surface area contributed by atoms with Crippen molar-refractivity contribution in [2.24, 2.45) is 0 Å². The van der Waals surface area contributed by atoms with E-state index in [4.69, 9.17) is 4.42 Å². The van der Waals surface area contributed by atoms with Crippen LogP contribution in [0.3, 0.4) is 0 Å². The van der Waals surface area contributed by atoms with Gasteiger partial charge in [-0.3, -0.25) is 16.0 Å². The highest BCUT2D eigenvalue weighted by atomic mass is 32.1. The Morgan fingerprint density at radius 3 is 1.65 bits per heavy atom. The lowest BCUT2D eigenvalue weighted by Crippen LogP contribution is -2.54. The summed E-state index contributed by atoms with van der Waals surface area (Å²) in [6.45, 7) is 0. The van der Waals surface area contributed by atoms with Gasteiger partial charge in [0.05, 0.1) is 29.5 Å². The molecule has 3 aromatic heterocycles. The molecule has 272 valence electrons. The molecule has 5 nitrogen and oxygen atoms in total. The highest BCUT2D eigenvalue weighted by Gasteiger charge is 2.31. The second-order valence-corrected chi connectivity index (χ2v) is 16.1. The Morgan fingerprint density at radius 1 is 0.421 bits per heavy atom. The maximum absolute atomic E-state index is 7.00. The number of nitrogens with one attached hydrogen (secondary N) is 3. The van der Waals surface area contributed by atoms with Crippen LogP contribution in [0.5, 0.6) is 0 Å². The van der Waals surface area contributed by atoms with Crippen molar-refractivity contribution < 1.29 is 4.42 Å². The van der Waals surface area contributed by atoms with Crippen LogP contribution in [0.1, 0.15) is 35.2 Å². The number of nitrogens with zero attached hydrogens (tertiary/aromatic N) is 1. The fourth-order valence-electron chi connectivity index (χ4n) is 9.07. The number of hydrogen-bond donors (Lipinski definition) is 3. The highest BCUT2D eigenvalue weighted by Crippen LogP contribution is 2.43. The number of fused-ring (bicyclic) bond motifs is 9. The molecule has 4 heterocycles. The largest absolute Gasteiger partial charge is 0.455 e. The molecule has 1 saturated heterocycles. The molecule has 3 N–H and O–H groups in total. The number of hydrogen-bond acceptors (Lipinski definition) is 5. The van der Waals surface area contributed by atoms with Gasteiger partial charge in [0.15, 0.2) is 0 Å². The van der Waals surface area contributed by atoms with Crippen molar-refractivity contribution >= 4 is 75.3 Å². The zero-order chi connectivity index (χ0) is 37.5. The van der Waals surface area contributed by atoms with Crippen molar-refractivity contribution in [3.8, 4) is 16.8 Å². The molecule has 2 atom stereocenters. The molecule has 1 fully saturated rings. The van der Waals surface area contributed by atoms with E-state index >= 15 is 0 Å². The molecular formula is C51H36N4OS. The Morgan fingerprint density at radius 2 is 0.965 bits per heavy atom. The van der Waals surface area contributed by atoms with Crippen LogP contribution in [-0.2, 0) is 0 Å². The molecule has 57 heavy (non-hydrogen) atoms. The summed E-state index contributed by atoms with van der Waals surface area (Å²) in [7, 11) is 0. The Labute approximate surface area is 332 Å². The maximum Gasteiger partial charge on any atom is 0.143 e. The van der Waals surface area contributed by atoms with Crippen LogP contribution in [0.2, 0.25) is 0 Å². The second-order valence-electron chi connectivity index (χ2n) is 15.0. The number of furan rings is 1. The first kappa shape index (κ1) is 32.7. The molecule has 12 rings (SSSR count). The van der Waals surface area contributed by atoms with Gasteiger partial charge in [-0.25, -0.2) is 0 Å². The first-order chi connectivity index (χ1) is 28.2. The monoisotopic (exact) mass is 752 g/mol. The summed E-state index contributed by atoms with van der Waals surface area (Å²) in [6.07, 6.45) is -0.301. The van der Waals surface area contributed by atoms with Gasteiger partial charge in [-0.05, 0) is 47.0 Å². The van der Waals surface area contributed by atoms with Gasteiger partial charge in [0.25, 0.3) is 0 Å². The van der Waals surface area contributed by atoms with Crippen molar-refractivity contribution in [1.29, 1.82) is 0 Å². The Kier molecular flexibility index (Phi) is 7.46. The van der Waals surface area contributed by atoms with Crippen LogP contribution in [-0.4, -0.2) is 4.57 Å². The summed E-state index contributed by atoms with van der Waals surface area (Å²) in [6, 6.07) is 65.4. The van der Waals surface area contributed by atoms with Gasteiger partial charge in [0.2, 0.25) is 0 Å². The minimum atomic E-state index is -0.170. The minimum absolute atomic E-state index is 0.0658. The molecule has 0 saturated carbocycles. The SMILES string of the molecule is c1ccc(C2NC(c3ccccc3)NC(c3cccc4c3oc3c(-c5ccc6c(c5)sc5cc(-n7c8ccccc8c8ccccc87)ccc56)cccc34)N2)cc1. The Hall–Kier alpha value is -6.54. The van der Waals surface area contributed by atoms with Crippen LogP contribution in [0.25, 0.3) is 80.7 Å². The number of rotatable bonds is 5. The summed E-state index contributed by atoms with van der Waals surface area (Å²) in [5.41, 5.74) is 11.1. The summed E-state index contributed by atoms with van der Waals surface area (Å²) in [5, 5.41) is 18.8. The molecule has 1 aliphatic heterocycles. The average molecular weight is 753 g/mol. The summed E-state index contributed by atoms with van der Waals surface area (Å²) in [4.78, 5) is 0. The van der Waals surface area contributed by atoms with E-state index in [2.05, 4.69) is 203 Å². The molecular weight excluding hydrogens is 717 g/mol. The molecule has 11 aromatic rings. The predicted molar refractivity (Wildman–Crippen MR) is 237 cm³/mol. The average Bonchev–Trinajstić information content (AvgIpc) is 3.96. The third kappa shape index (κ3) is 5.27. The van der Waals surface area contributed by atoms with Crippen LogP contribution in [0.15, 0.2) is 186 Å². The normalized spacial score (nSPS) is 17.4. The fourth-order valence-corrected chi connectivity index (χ4v) is 10.2. The lowest BCUT2D eigenvalue weighted by molar-refractivity contribution is 0.203. The molecule has 0 amide bonds. The van der Waals surface area contributed by atoms with E-state index < -0.39 is 0 Å². The fraction of sp³-hybridized carbons (Fsp3) is 0.0588. The van der Waals surface area contributed by atoms with E-state index in [0.29, 0.717) is 0 Å².